The lowest BCUT2D eigenvalue weighted by atomic mass is 9.70. The van der Waals surface area contributed by atoms with Crippen molar-refractivity contribution in [3.05, 3.63) is 17.8 Å². The van der Waals surface area contributed by atoms with Crippen molar-refractivity contribution in [2.45, 2.75) is 83.6 Å². The molecule has 2 saturated heterocycles. The molecule has 0 aromatic carbocycles. The lowest BCUT2D eigenvalue weighted by Crippen LogP contribution is -2.46. The molecule has 27 heavy (non-hydrogen) atoms. The topological polar surface area (TPSA) is 60.9 Å². The number of amides is 1. The van der Waals surface area contributed by atoms with Crippen LogP contribution in [0.15, 0.2) is 12.3 Å². The molecule has 0 N–H and O–H groups in total. The standard InChI is InChI=1S/C20H29BN2O4/c1-18(2)15-13(21-26-19(3,4)20(5,6)27-21)10-11-22-16(15)23(17(18)24)14-9-7-8-12-25-14/h10-11,14H,7-9,12H2,1-6H3. The summed E-state index contributed by atoms with van der Waals surface area (Å²) in [5, 5.41) is 0. The minimum absolute atomic E-state index is 0.0286. The van der Waals surface area contributed by atoms with E-state index in [9.17, 15) is 4.79 Å². The van der Waals surface area contributed by atoms with E-state index in [1.165, 1.54) is 0 Å². The molecule has 7 heteroatoms. The van der Waals surface area contributed by atoms with E-state index in [1.807, 2.05) is 47.6 Å². The molecular formula is C20H29BN2O4. The number of ether oxygens (including phenoxy) is 1. The smallest absolute Gasteiger partial charge is 0.399 e. The minimum atomic E-state index is -0.705. The average molecular weight is 372 g/mol. The van der Waals surface area contributed by atoms with Crippen LogP contribution in [-0.4, -0.2) is 42.0 Å². The van der Waals surface area contributed by atoms with Crippen molar-refractivity contribution >= 4 is 24.3 Å². The largest absolute Gasteiger partial charge is 0.495 e. The van der Waals surface area contributed by atoms with Crippen LogP contribution in [0.3, 0.4) is 0 Å². The van der Waals surface area contributed by atoms with Crippen LogP contribution in [0.25, 0.3) is 0 Å². The van der Waals surface area contributed by atoms with E-state index in [2.05, 4.69) is 4.98 Å². The van der Waals surface area contributed by atoms with Gasteiger partial charge in [-0.25, -0.2) is 4.98 Å². The molecule has 1 aromatic rings. The molecular weight excluding hydrogens is 343 g/mol. The van der Waals surface area contributed by atoms with Gasteiger partial charge in [-0.15, -0.1) is 0 Å². The first-order chi connectivity index (χ1) is 12.6. The highest BCUT2D eigenvalue weighted by Gasteiger charge is 2.56. The van der Waals surface area contributed by atoms with Crippen LogP contribution in [0.2, 0.25) is 0 Å². The highest BCUT2D eigenvalue weighted by atomic mass is 16.7. The molecule has 6 nitrogen and oxygen atoms in total. The summed E-state index contributed by atoms with van der Waals surface area (Å²) < 4.78 is 18.5. The normalized spacial score (nSPS) is 28.5. The molecule has 1 unspecified atom stereocenters. The van der Waals surface area contributed by atoms with E-state index < -0.39 is 23.7 Å². The first-order valence-electron chi connectivity index (χ1n) is 9.86. The van der Waals surface area contributed by atoms with Gasteiger partial charge in [-0.3, -0.25) is 9.69 Å². The van der Waals surface area contributed by atoms with Crippen molar-refractivity contribution in [1.82, 2.24) is 4.98 Å². The van der Waals surface area contributed by atoms with Crippen molar-refractivity contribution in [2.24, 2.45) is 0 Å². The van der Waals surface area contributed by atoms with Crippen molar-refractivity contribution in [2.75, 3.05) is 11.5 Å². The van der Waals surface area contributed by atoms with E-state index in [0.29, 0.717) is 12.4 Å². The third-order valence-corrected chi connectivity index (χ3v) is 6.52. The summed E-state index contributed by atoms with van der Waals surface area (Å²) in [6.07, 6.45) is 4.43. The molecule has 0 spiro atoms. The van der Waals surface area contributed by atoms with Crippen LogP contribution in [0.4, 0.5) is 5.82 Å². The molecule has 0 saturated carbocycles. The summed E-state index contributed by atoms with van der Waals surface area (Å²) in [4.78, 5) is 19.7. The summed E-state index contributed by atoms with van der Waals surface area (Å²) in [6.45, 7) is 12.7. The molecule has 2 fully saturated rings. The number of fused-ring (bicyclic) bond motifs is 1. The Kier molecular flexibility index (Phi) is 4.22. The molecule has 3 aliphatic heterocycles. The Labute approximate surface area is 161 Å². The van der Waals surface area contributed by atoms with E-state index in [4.69, 9.17) is 14.0 Å². The van der Waals surface area contributed by atoms with Crippen molar-refractivity contribution in [3.63, 3.8) is 0 Å². The maximum absolute atomic E-state index is 13.3. The SMILES string of the molecule is CC1(C)C(=O)N(C2CCCCO2)c2nccc(B3OC(C)(C)C(C)(C)O3)c21. The fraction of sp³-hybridized carbons (Fsp3) is 0.700. The van der Waals surface area contributed by atoms with Crippen molar-refractivity contribution in [1.29, 1.82) is 0 Å². The first-order valence-corrected chi connectivity index (χ1v) is 9.86. The van der Waals surface area contributed by atoms with E-state index in [0.717, 1.165) is 30.3 Å². The number of carbonyl (C=O) groups is 1. The number of pyridine rings is 1. The Morgan fingerprint density at radius 2 is 1.78 bits per heavy atom. The van der Waals surface area contributed by atoms with Gasteiger partial charge in [0.05, 0.1) is 16.6 Å². The van der Waals surface area contributed by atoms with E-state index in [-0.39, 0.29) is 12.1 Å². The predicted molar refractivity (Wildman–Crippen MR) is 104 cm³/mol. The summed E-state index contributed by atoms with van der Waals surface area (Å²) in [5.41, 5.74) is 0.195. The highest BCUT2D eigenvalue weighted by Crippen LogP contribution is 2.43. The second-order valence-electron chi connectivity index (χ2n) is 9.31. The number of hydrogen-bond donors (Lipinski definition) is 0. The molecule has 1 aromatic heterocycles. The lowest BCUT2D eigenvalue weighted by molar-refractivity contribution is -0.125. The number of rotatable bonds is 2. The molecule has 0 bridgehead atoms. The van der Waals surface area contributed by atoms with Crippen molar-refractivity contribution in [3.8, 4) is 0 Å². The summed E-state index contributed by atoms with van der Waals surface area (Å²) >= 11 is 0. The zero-order chi connectivity index (χ0) is 19.6. The van der Waals surface area contributed by atoms with Gasteiger partial charge in [0.2, 0.25) is 5.91 Å². The van der Waals surface area contributed by atoms with Gasteiger partial charge in [-0.05, 0) is 72.3 Å². The van der Waals surface area contributed by atoms with Crippen LogP contribution in [0.5, 0.6) is 0 Å². The second kappa shape index (κ2) is 6.03. The van der Waals surface area contributed by atoms with E-state index >= 15 is 0 Å². The first kappa shape index (κ1) is 18.9. The van der Waals surface area contributed by atoms with Crippen LogP contribution in [0.1, 0.15) is 66.4 Å². The number of carbonyl (C=O) groups excluding carboxylic acids is 1. The molecule has 0 aliphatic carbocycles. The molecule has 4 rings (SSSR count). The Morgan fingerprint density at radius 3 is 2.37 bits per heavy atom. The molecule has 3 aliphatic rings. The van der Waals surface area contributed by atoms with Gasteiger partial charge in [0.1, 0.15) is 12.0 Å². The van der Waals surface area contributed by atoms with Gasteiger partial charge in [0, 0.05) is 18.4 Å². The van der Waals surface area contributed by atoms with Gasteiger partial charge in [0.15, 0.2) is 0 Å². The molecule has 1 atom stereocenters. The number of hydrogen-bond acceptors (Lipinski definition) is 5. The zero-order valence-corrected chi connectivity index (χ0v) is 17.2. The van der Waals surface area contributed by atoms with E-state index in [1.54, 1.807) is 11.1 Å². The Balaban J connectivity index is 1.78. The van der Waals surface area contributed by atoms with Gasteiger partial charge in [0.25, 0.3) is 0 Å². The number of aromatic nitrogens is 1. The summed E-state index contributed by atoms with van der Waals surface area (Å²) in [5.74, 6) is 0.713. The van der Waals surface area contributed by atoms with Gasteiger partial charge >= 0.3 is 7.12 Å². The third-order valence-electron chi connectivity index (χ3n) is 6.52. The lowest BCUT2D eigenvalue weighted by Gasteiger charge is -2.32. The molecule has 146 valence electrons. The van der Waals surface area contributed by atoms with Crippen LogP contribution >= 0.6 is 0 Å². The van der Waals surface area contributed by atoms with Crippen LogP contribution in [0, 0.1) is 0 Å². The second-order valence-corrected chi connectivity index (χ2v) is 9.31. The van der Waals surface area contributed by atoms with Gasteiger partial charge < -0.3 is 14.0 Å². The molecule has 4 heterocycles. The van der Waals surface area contributed by atoms with Crippen LogP contribution < -0.4 is 10.4 Å². The number of anilines is 1. The predicted octanol–water partition coefficient (Wildman–Crippen LogP) is 2.53. The number of nitrogens with zero attached hydrogens (tertiary/aromatic N) is 2. The fourth-order valence-electron chi connectivity index (χ4n) is 4.15. The Morgan fingerprint density at radius 1 is 1.11 bits per heavy atom. The molecule has 1 amide bonds. The maximum Gasteiger partial charge on any atom is 0.495 e. The average Bonchev–Trinajstić information content (AvgIpc) is 2.95. The maximum atomic E-state index is 13.3. The zero-order valence-electron chi connectivity index (χ0n) is 17.2. The minimum Gasteiger partial charge on any atom is -0.399 e. The fourth-order valence-corrected chi connectivity index (χ4v) is 4.15. The van der Waals surface area contributed by atoms with Crippen molar-refractivity contribution < 1.29 is 18.8 Å². The third kappa shape index (κ3) is 2.74. The van der Waals surface area contributed by atoms with Gasteiger partial charge in [-0.1, -0.05) is 0 Å². The van der Waals surface area contributed by atoms with Gasteiger partial charge in [-0.2, -0.15) is 0 Å². The quantitative estimate of drug-likeness (QED) is 0.747. The highest BCUT2D eigenvalue weighted by molar-refractivity contribution is 6.63. The molecule has 0 radical (unpaired) electrons. The summed E-state index contributed by atoms with van der Waals surface area (Å²) in [7, 11) is -0.522. The summed E-state index contributed by atoms with van der Waals surface area (Å²) in [6, 6.07) is 1.92. The Hall–Kier alpha value is -1.44. The Bertz CT molecular complexity index is 755. The monoisotopic (exact) mass is 372 g/mol. The van der Waals surface area contributed by atoms with Crippen LogP contribution in [-0.2, 0) is 24.3 Å².